The van der Waals surface area contributed by atoms with E-state index in [0.717, 1.165) is 26.1 Å². The summed E-state index contributed by atoms with van der Waals surface area (Å²) in [6.45, 7) is 2.03. The maximum absolute atomic E-state index is 13.4. The zero-order valence-corrected chi connectivity index (χ0v) is 19.3. The highest BCUT2D eigenvalue weighted by molar-refractivity contribution is 14.1. The summed E-state index contributed by atoms with van der Waals surface area (Å²) in [5.41, 5.74) is 4.78. The van der Waals surface area contributed by atoms with Gasteiger partial charge in [-0.05, 0) is 83.6 Å². The van der Waals surface area contributed by atoms with E-state index in [2.05, 4.69) is 51.8 Å². The Bertz CT molecular complexity index is 1290. The molecule has 30 heavy (non-hydrogen) atoms. The van der Waals surface area contributed by atoms with Gasteiger partial charge in [0, 0.05) is 23.4 Å². The van der Waals surface area contributed by atoms with Gasteiger partial charge < -0.3 is 4.90 Å². The minimum atomic E-state index is -0.0648. The van der Waals surface area contributed by atoms with Crippen molar-refractivity contribution in [3.63, 3.8) is 0 Å². The SMILES string of the molecule is Cc1ccc(-n2c(C=Cc3ccc(N(C)C)cc3)nc3ccc(I)cc3c2=O)cc1. The highest BCUT2D eigenvalue weighted by Gasteiger charge is 2.11. The van der Waals surface area contributed by atoms with Crippen molar-refractivity contribution in [1.29, 1.82) is 0 Å². The summed E-state index contributed by atoms with van der Waals surface area (Å²) in [5.74, 6) is 0.606. The van der Waals surface area contributed by atoms with Crippen molar-refractivity contribution < 1.29 is 0 Å². The monoisotopic (exact) mass is 507 g/mol. The van der Waals surface area contributed by atoms with Gasteiger partial charge >= 0.3 is 0 Å². The first-order chi connectivity index (χ1) is 14.4. The Kier molecular flexibility index (Phi) is 5.72. The Labute approximate surface area is 189 Å². The van der Waals surface area contributed by atoms with E-state index in [1.807, 2.05) is 75.6 Å². The topological polar surface area (TPSA) is 38.1 Å². The van der Waals surface area contributed by atoms with E-state index in [1.165, 1.54) is 0 Å². The van der Waals surface area contributed by atoms with Crippen LogP contribution in [0.3, 0.4) is 0 Å². The fraction of sp³-hybridized carbons (Fsp3) is 0.120. The first-order valence-corrected chi connectivity index (χ1v) is 10.7. The Morgan fingerprint density at radius 1 is 0.933 bits per heavy atom. The van der Waals surface area contributed by atoms with E-state index in [0.29, 0.717) is 16.7 Å². The summed E-state index contributed by atoms with van der Waals surface area (Å²) in [6.07, 6.45) is 3.90. The Balaban J connectivity index is 1.87. The highest BCUT2D eigenvalue weighted by atomic mass is 127. The molecule has 0 aliphatic rings. The lowest BCUT2D eigenvalue weighted by atomic mass is 10.1. The molecular formula is C25H22IN3O. The van der Waals surface area contributed by atoms with Gasteiger partial charge in [0.2, 0.25) is 0 Å². The lowest BCUT2D eigenvalue weighted by molar-refractivity contribution is 0.943. The number of aromatic nitrogens is 2. The maximum Gasteiger partial charge on any atom is 0.266 e. The van der Waals surface area contributed by atoms with Crippen LogP contribution in [-0.2, 0) is 0 Å². The second kappa shape index (κ2) is 8.44. The number of benzene rings is 3. The van der Waals surface area contributed by atoms with Crippen molar-refractivity contribution in [2.24, 2.45) is 0 Å². The molecule has 4 nitrogen and oxygen atoms in total. The van der Waals surface area contributed by atoms with Crippen LogP contribution in [0.4, 0.5) is 5.69 Å². The van der Waals surface area contributed by atoms with Gasteiger partial charge in [0.25, 0.3) is 5.56 Å². The molecule has 0 spiro atoms. The molecule has 0 aliphatic carbocycles. The van der Waals surface area contributed by atoms with E-state index < -0.39 is 0 Å². The van der Waals surface area contributed by atoms with E-state index >= 15 is 0 Å². The van der Waals surface area contributed by atoms with Crippen LogP contribution in [0.5, 0.6) is 0 Å². The molecule has 1 aromatic heterocycles. The first-order valence-electron chi connectivity index (χ1n) is 9.67. The molecule has 0 amide bonds. The number of anilines is 1. The summed E-state index contributed by atoms with van der Waals surface area (Å²) in [7, 11) is 4.04. The number of fused-ring (bicyclic) bond motifs is 1. The molecule has 5 heteroatoms. The van der Waals surface area contributed by atoms with Crippen LogP contribution in [0, 0.1) is 10.5 Å². The largest absolute Gasteiger partial charge is 0.378 e. The molecule has 0 saturated carbocycles. The van der Waals surface area contributed by atoms with Gasteiger partial charge in [0.1, 0.15) is 5.82 Å². The van der Waals surface area contributed by atoms with E-state index in [4.69, 9.17) is 4.98 Å². The van der Waals surface area contributed by atoms with Crippen LogP contribution in [0.15, 0.2) is 71.5 Å². The summed E-state index contributed by atoms with van der Waals surface area (Å²) >= 11 is 2.22. The number of hydrogen-bond acceptors (Lipinski definition) is 3. The molecule has 0 aliphatic heterocycles. The summed E-state index contributed by atoms with van der Waals surface area (Å²) in [4.78, 5) is 20.3. The fourth-order valence-corrected chi connectivity index (χ4v) is 3.78. The second-order valence-corrected chi connectivity index (χ2v) is 8.67. The summed E-state index contributed by atoms with van der Waals surface area (Å²) in [6, 6.07) is 22.0. The molecule has 0 radical (unpaired) electrons. The number of hydrogen-bond donors (Lipinski definition) is 0. The molecule has 0 saturated heterocycles. The van der Waals surface area contributed by atoms with Crippen LogP contribution >= 0.6 is 22.6 Å². The second-order valence-electron chi connectivity index (χ2n) is 7.43. The Hall–Kier alpha value is -2.93. The van der Waals surface area contributed by atoms with Crippen molar-refractivity contribution in [2.75, 3.05) is 19.0 Å². The number of rotatable bonds is 4. The van der Waals surface area contributed by atoms with E-state index in [9.17, 15) is 4.79 Å². The van der Waals surface area contributed by atoms with E-state index in [1.54, 1.807) is 4.57 Å². The van der Waals surface area contributed by atoms with Crippen LogP contribution in [-0.4, -0.2) is 23.6 Å². The zero-order chi connectivity index (χ0) is 21.3. The fourth-order valence-electron chi connectivity index (χ4n) is 3.28. The lowest BCUT2D eigenvalue weighted by Gasteiger charge is -2.13. The average molecular weight is 507 g/mol. The van der Waals surface area contributed by atoms with Crippen molar-refractivity contribution in [3.8, 4) is 5.69 Å². The molecule has 150 valence electrons. The molecule has 4 rings (SSSR count). The van der Waals surface area contributed by atoms with Crippen molar-refractivity contribution >= 4 is 51.3 Å². The highest BCUT2D eigenvalue weighted by Crippen LogP contribution is 2.19. The Morgan fingerprint density at radius 2 is 1.63 bits per heavy atom. The van der Waals surface area contributed by atoms with Gasteiger partial charge in [-0.1, -0.05) is 35.9 Å². The van der Waals surface area contributed by atoms with Gasteiger partial charge in [-0.25, -0.2) is 4.98 Å². The molecule has 1 heterocycles. The maximum atomic E-state index is 13.4. The molecule has 0 fully saturated rings. The smallest absolute Gasteiger partial charge is 0.266 e. The van der Waals surface area contributed by atoms with Gasteiger partial charge in [0.05, 0.1) is 16.6 Å². The molecular weight excluding hydrogens is 485 g/mol. The Morgan fingerprint density at radius 3 is 2.30 bits per heavy atom. The molecule has 4 aromatic rings. The molecule has 0 N–H and O–H groups in total. The average Bonchev–Trinajstić information content (AvgIpc) is 2.74. The van der Waals surface area contributed by atoms with Gasteiger partial charge in [-0.3, -0.25) is 9.36 Å². The third-order valence-corrected chi connectivity index (χ3v) is 5.65. The summed E-state index contributed by atoms with van der Waals surface area (Å²) < 4.78 is 2.70. The predicted molar refractivity (Wildman–Crippen MR) is 134 cm³/mol. The molecule has 0 atom stereocenters. The third-order valence-electron chi connectivity index (χ3n) is 4.98. The van der Waals surface area contributed by atoms with E-state index in [-0.39, 0.29) is 5.56 Å². The van der Waals surface area contributed by atoms with Crippen LogP contribution in [0.1, 0.15) is 17.0 Å². The van der Waals surface area contributed by atoms with Gasteiger partial charge in [-0.15, -0.1) is 0 Å². The minimum Gasteiger partial charge on any atom is -0.378 e. The van der Waals surface area contributed by atoms with Crippen molar-refractivity contribution in [2.45, 2.75) is 6.92 Å². The van der Waals surface area contributed by atoms with Gasteiger partial charge in [-0.2, -0.15) is 0 Å². The third kappa shape index (κ3) is 4.16. The molecule has 0 unspecified atom stereocenters. The lowest BCUT2D eigenvalue weighted by Crippen LogP contribution is -2.22. The standard InChI is InChI=1S/C25H22IN3O/c1-17-4-10-21(11-5-17)29-24(15-8-18-6-12-20(13-7-18)28(2)3)27-23-14-9-19(26)16-22(23)25(29)30/h4-16H,1-3H3. The van der Waals surface area contributed by atoms with Crippen LogP contribution in [0.25, 0.3) is 28.7 Å². The number of nitrogens with zero attached hydrogens (tertiary/aromatic N) is 3. The van der Waals surface area contributed by atoms with Crippen molar-refractivity contribution in [1.82, 2.24) is 9.55 Å². The summed E-state index contributed by atoms with van der Waals surface area (Å²) in [5, 5.41) is 0.620. The van der Waals surface area contributed by atoms with Crippen LogP contribution < -0.4 is 10.5 Å². The number of halogens is 1. The van der Waals surface area contributed by atoms with Gasteiger partial charge in [0.15, 0.2) is 0 Å². The normalized spacial score (nSPS) is 11.3. The molecule has 3 aromatic carbocycles. The quantitative estimate of drug-likeness (QED) is 0.341. The minimum absolute atomic E-state index is 0.0648. The zero-order valence-electron chi connectivity index (χ0n) is 17.1. The predicted octanol–water partition coefficient (Wildman–Crippen LogP) is 5.54. The van der Waals surface area contributed by atoms with Crippen molar-refractivity contribution in [3.05, 3.63) is 97.6 Å². The van der Waals surface area contributed by atoms with Crippen LogP contribution in [0.2, 0.25) is 0 Å². The number of aryl methyl sites for hydroxylation is 1. The molecule has 0 bridgehead atoms. The first kappa shape index (κ1) is 20.3.